The molecule has 1 aromatic carbocycles. The average Bonchev–Trinajstić information content (AvgIpc) is 2.26. The summed E-state index contributed by atoms with van der Waals surface area (Å²) in [5.74, 6) is -3.96. The molecule has 2 nitrogen and oxygen atoms in total. The third kappa shape index (κ3) is 2.96. The molecule has 0 spiro atoms. The molecule has 0 amide bonds. The molecule has 90 valence electrons. The summed E-state index contributed by atoms with van der Waals surface area (Å²) >= 11 is 0. The van der Waals surface area contributed by atoms with E-state index < -0.39 is 23.5 Å². The fourth-order valence-corrected chi connectivity index (χ4v) is 1.27. The molecule has 0 saturated carbocycles. The zero-order chi connectivity index (χ0) is 12.1. The van der Waals surface area contributed by atoms with Crippen LogP contribution in [0.25, 0.3) is 0 Å². The highest BCUT2D eigenvalue weighted by Crippen LogP contribution is 2.20. The molecule has 1 aromatic rings. The van der Waals surface area contributed by atoms with Crippen molar-refractivity contribution in [1.82, 2.24) is 0 Å². The Labute approximate surface area is 92.2 Å². The van der Waals surface area contributed by atoms with Gasteiger partial charge in [-0.15, -0.1) is 0 Å². The highest BCUT2D eigenvalue weighted by molar-refractivity contribution is 5.23. The van der Waals surface area contributed by atoms with E-state index in [1.807, 2.05) is 6.92 Å². The predicted molar refractivity (Wildman–Crippen MR) is 54.4 cm³/mol. The van der Waals surface area contributed by atoms with Gasteiger partial charge in [0.1, 0.15) is 0 Å². The molecule has 0 aliphatic heterocycles. The van der Waals surface area contributed by atoms with E-state index in [0.29, 0.717) is 6.61 Å². The number of hydrogen-bond acceptors (Lipinski definition) is 2. The number of halogens is 3. The zero-order valence-corrected chi connectivity index (χ0v) is 8.97. The van der Waals surface area contributed by atoms with Gasteiger partial charge in [-0.3, -0.25) is 0 Å². The van der Waals surface area contributed by atoms with Crippen LogP contribution < -0.4 is 5.73 Å². The first-order valence-electron chi connectivity index (χ1n) is 5.04. The molecule has 1 unspecified atom stereocenters. The second kappa shape index (κ2) is 5.86. The summed E-state index contributed by atoms with van der Waals surface area (Å²) in [4.78, 5) is 0. The molecular formula is C11H14F3NO. The lowest BCUT2D eigenvalue weighted by Gasteiger charge is -2.13. The van der Waals surface area contributed by atoms with Crippen LogP contribution in [0.3, 0.4) is 0 Å². The van der Waals surface area contributed by atoms with Gasteiger partial charge in [0.05, 0.1) is 12.6 Å². The molecule has 2 N–H and O–H groups in total. The molecule has 16 heavy (non-hydrogen) atoms. The number of hydrogen-bond donors (Lipinski definition) is 1. The van der Waals surface area contributed by atoms with Crippen molar-refractivity contribution in [3.8, 4) is 0 Å². The summed E-state index contributed by atoms with van der Waals surface area (Å²) in [6, 6.07) is 1.20. The third-order valence-corrected chi connectivity index (χ3v) is 2.11. The van der Waals surface area contributed by atoms with Crippen molar-refractivity contribution in [2.45, 2.75) is 19.4 Å². The van der Waals surface area contributed by atoms with E-state index in [0.717, 1.165) is 18.6 Å². The summed E-state index contributed by atoms with van der Waals surface area (Å²) < 4.78 is 43.9. The van der Waals surface area contributed by atoms with Crippen LogP contribution in [0.5, 0.6) is 0 Å². The SMILES string of the molecule is CCCOCC(N)c1ccc(F)c(F)c1F. The average molecular weight is 233 g/mol. The molecular weight excluding hydrogens is 219 g/mol. The molecule has 0 saturated heterocycles. The molecule has 0 aromatic heterocycles. The van der Waals surface area contributed by atoms with Crippen LogP contribution in [0.4, 0.5) is 13.2 Å². The number of rotatable bonds is 5. The van der Waals surface area contributed by atoms with Gasteiger partial charge in [-0.25, -0.2) is 13.2 Å². The molecule has 0 bridgehead atoms. The first-order chi connectivity index (χ1) is 7.57. The van der Waals surface area contributed by atoms with Gasteiger partial charge in [-0.05, 0) is 12.5 Å². The maximum Gasteiger partial charge on any atom is 0.194 e. The Morgan fingerprint density at radius 1 is 1.25 bits per heavy atom. The van der Waals surface area contributed by atoms with Crippen LogP contribution in [0, 0.1) is 17.5 Å². The lowest BCUT2D eigenvalue weighted by molar-refractivity contribution is 0.120. The Balaban J connectivity index is 2.76. The summed E-state index contributed by atoms with van der Waals surface area (Å²) in [5.41, 5.74) is 5.53. The number of benzene rings is 1. The minimum atomic E-state index is -1.50. The van der Waals surface area contributed by atoms with Crippen molar-refractivity contribution in [3.63, 3.8) is 0 Å². The van der Waals surface area contributed by atoms with Crippen molar-refractivity contribution in [3.05, 3.63) is 35.1 Å². The van der Waals surface area contributed by atoms with Gasteiger partial charge < -0.3 is 10.5 Å². The van der Waals surface area contributed by atoms with Gasteiger partial charge in [0, 0.05) is 12.2 Å². The Kier molecular flexibility index (Phi) is 4.76. The first-order valence-corrected chi connectivity index (χ1v) is 5.04. The minimum Gasteiger partial charge on any atom is -0.379 e. The molecule has 0 heterocycles. The smallest absolute Gasteiger partial charge is 0.194 e. The fraction of sp³-hybridized carbons (Fsp3) is 0.455. The quantitative estimate of drug-likeness (QED) is 0.626. The van der Waals surface area contributed by atoms with Crippen molar-refractivity contribution in [1.29, 1.82) is 0 Å². The highest BCUT2D eigenvalue weighted by atomic mass is 19.2. The van der Waals surface area contributed by atoms with Crippen LogP contribution >= 0.6 is 0 Å². The summed E-state index contributed by atoms with van der Waals surface area (Å²) in [6.07, 6.45) is 0.812. The maximum absolute atomic E-state index is 13.3. The standard InChI is InChI=1S/C11H14F3NO/c1-2-5-16-6-9(15)7-3-4-8(12)11(14)10(7)13/h3-4,9H,2,5-6,15H2,1H3. The monoisotopic (exact) mass is 233 g/mol. The minimum absolute atomic E-state index is 0.0741. The summed E-state index contributed by atoms with van der Waals surface area (Å²) in [5, 5.41) is 0. The van der Waals surface area contributed by atoms with E-state index >= 15 is 0 Å². The molecule has 0 fully saturated rings. The van der Waals surface area contributed by atoms with Crippen molar-refractivity contribution >= 4 is 0 Å². The van der Waals surface area contributed by atoms with Crippen LogP contribution in [0.2, 0.25) is 0 Å². The maximum atomic E-state index is 13.3. The molecule has 1 atom stereocenters. The van der Waals surface area contributed by atoms with E-state index in [4.69, 9.17) is 10.5 Å². The number of ether oxygens (including phenoxy) is 1. The summed E-state index contributed by atoms with van der Waals surface area (Å²) in [7, 11) is 0. The van der Waals surface area contributed by atoms with Gasteiger partial charge >= 0.3 is 0 Å². The van der Waals surface area contributed by atoms with Crippen LogP contribution in [-0.4, -0.2) is 13.2 Å². The van der Waals surface area contributed by atoms with Gasteiger partial charge in [0.15, 0.2) is 17.5 Å². The Morgan fingerprint density at radius 2 is 1.94 bits per heavy atom. The third-order valence-electron chi connectivity index (χ3n) is 2.11. The molecule has 0 aliphatic rings. The first kappa shape index (κ1) is 13.0. The van der Waals surface area contributed by atoms with Crippen LogP contribution in [0.1, 0.15) is 24.9 Å². The van der Waals surface area contributed by atoms with Crippen molar-refractivity contribution in [2.24, 2.45) is 5.73 Å². The fourth-order valence-electron chi connectivity index (χ4n) is 1.27. The van der Waals surface area contributed by atoms with Crippen LogP contribution in [0.15, 0.2) is 12.1 Å². The van der Waals surface area contributed by atoms with Gasteiger partial charge in [0.2, 0.25) is 0 Å². The molecule has 0 aliphatic carbocycles. The van der Waals surface area contributed by atoms with E-state index in [-0.39, 0.29) is 12.2 Å². The van der Waals surface area contributed by atoms with Gasteiger partial charge in [0.25, 0.3) is 0 Å². The van der Waals surface area contributed by atoms with E-state index in [9.17, 15) is 13.2 Å². The summed E-state index contributed by atoms with van der Waals surface area (Å²) in [6.45, 7) is 2.50. The van der Waals surface area contributed by atoms with E-state index in [2.05, 4.69) is 0 Å². The van der Waals surface area contributed by atoms with Crippen LogP contribution in [-0.2, 0) is 4.74 Å². The van der Waals surface area contributed by atoms with E-state index in [1.165, 1.54) is 0 Å². The Morgan fingerprint density at radius 3 is 2.56 bits per heavy atom. The predicted octanol–water partition coefficient (Wildman–Crippen LogP) is 2.53. The van der Waals surface area contributed by atoms with Gasteiger partial charge in [-0.2, -0.15) is 0 Å². The largest absolute Gasteiger partial charge is 0.379 e. The Hall–Kier alpha value is -1.07. The van der Waals surface area contributed by atoms with Crippen molar-refractivity contribution in [2.75, 3.05) is 13.2 Å². The topological polar surface area (TPSA) is 35.2 Å². The Bertz CT molecular complexity index is 357. The molecule has 5 heteroatoms. The van der Waals surface area contributed by atoms with Gasteiger partial charge in [-0.1, -0.05) is 13.0 Å². The van der Waals surface area contributed by atoms with E-state index in [1.54, 1.807) is 0 Å². The normalized spacial score (nSPS) is 12.8. The lowest BCUT2D eigenvalue weighted by atomic mass is 10.1. The second-order valence-corrected chi connectivity index (χ2v) is 3.45. The second-order valence-electron chi connectivity index (χ2n) is 3.45. The molecule has 1 rings (SSSR count). The molecule has 0 radical (unpaired) electrons. The number of nitrogens with two attached hydrogens (primary N) is 1. The zero-order valence-electron chi connectivity index (χ0n) is 8.97. The lowest BCUT2D eigenvalue weighted by Crippen LogP contribution is -2.19. The van der Waals surface area contributed by atoms with Crippen molar-refractivity contribution < 1.29 is 17.9 Å². The highest BCUT2D eigenvalue weighted by Gasteiger charge is 2.18.